The number of benzene rings is 2. The smallest absolute Gasteiger partial charge is 0.306 e. The lowest BCUT2D eigenvalue weighted by atomic mass is 10.1. The standard InChI is InChI=1S/C23H24FN3O4/c1-16-2-4-17(5-3-16)6-11-20(28)25-14-15-30-22(29)13-12-21-26-23(27-31-21)18-7-9-19(24)10-8-18/h2-5,7-10H,6,11-15H2,1H3,(H,25,28). The molecule has 0 saturated heterocycles. The maximum atomic E-state index is 13.0. The molecule has 0 fully saturated rings. The molecular weight excluding hydrogens is 401 g/mol. The van der Waals surface area contributed by atoms with Crippen molar-refractivity contribution in [1.29, 1.82) is 0 Å². The number of carbonyl (C=O) groups is 2. The molecule has 1 heterocycles. The average Bonchev–Trinajstić information content (AvgIpc) is 3.24. The van der Waals surface area contributed by atoms with Gasteiger partial charge in [-0.25, -0.2) is 4.39 Å². The first-order valence-electron chi connectivity index (χ1n) is 10.1. The molecule has 0 aliphatic carbocycles. The van der Waals surface area contributed by atoms with E-state index in [0.717, 1.165) is 5.56 Å². The van der Waals surface area contributed by atoms with Crippen LogP contribution in [-0.4, -0.2) is 35.2 Å². The fourth-order valence-electron chi connectivity index (χ4n) is 2.81. The Hall–Kier alpha value is -3.55. The Morgan fingerprint density at radius 1 is 1.03 bits per heavy atom. The largest absolute Gasteiger partial charge is 0.464 e. The molecule has 1 N–H and O–H groups in total. The highest BCUT2D eigenvalue weighted by Crippen LogP contribution is 2.16. The van der Waals surface area contributed by atoms with Crippen molar-refractivity contribution in [3.63, 3.8) is 0 Å². The molecule has 1 amide bonds. The van der Waals surface area contributed by atoms with Crippen molar-refractivity contribution in [2.24, 2.45) is 0 Å². The molecule has 8 heteroatoms. The van der Waals surface area contributed by atoms with Gasteiger partial charge in [0.2, 0.25) is 17.6 Å². The van der Waals surface area contributed by atoms with Crippen LogP contribution in [0, 0.1) is 12.7 Å². The second-order valence-corrected chi connectivity index (χ2v) is 7.07. The molecule has 0 spiro atoms. The number of nitrogens with zero attached hydrogens (tertiary/aromatic N) is 2. The minimum atomic E-state index is -0.421. The first-order chi connectivity index (χ1) is 15.0. The molecule has 3 rings (SSSR count). The van der Waals surface area contributed by atoms with Crippen molar-refractivity contribution in [2.75, 3.05) is 13.2 Å². The van der Waals surface area contributed by atoms with Gasteiger partial charge in [0.1, 0.15) is 12.4 Å². The van der Waals surface area contributed by atoms with Crippen molar-refractivity contribution in [2.45, 2.75) is 32.6 Å². The Balaban J connectivity index is 1.29. The molecule has 0 saturated carbocycles. The van der Waals surface area contributed by atoms with Crippen LogP contribution in [0.15, 0.2) is 53.1 Å². The molecule has 0 aliphatic rings. The second kappa shape index (κ2) is 11.0. The number of ether oxygens (including phenoxy) is 1. The highest BCUT2D eigenvalue weighted by Gasteiger charge is 2.12. The summed E-state index contributed by atoms with van der Waals surface area (Å²) in [6, 6.07) is 13.8. The summed E-state index contributed by atoms with van der Waals surface area (Å²) < 4.78 is 23.2. The number of halogens is 1. The van der Waals surface area contributed by atoms with E-state index in [2.05, 4.69) is 15.5 Å². The summed E-state index contributed by atoms with van der Waals surface area (Å²) in [5.41, 5.74) is 2.91. The van der Waals surface area contributed by atoms with Crippen LogP contribution in [0.25, 0.3) is 11.4 Å². The Morgan fingerprint density at radius 2 is 1.77 bits per heavy atom. The van der Waals surface area contributed by atoms with Crippen molar-refractivity contribution >= 4 is 11.9 Å². The average molecular weight is 425 g/mol. The van der Waals surface area contributed by atoms with Gasteiger partial charge in [-0.2, -0.15) is 4.98 Å². The van der Waals surface area contributed by atoms with Crippen LogP contribution in [0.2, 0.25) is 0 Å². The number of carbonyl (C=O) groups excluding carboxylic acids is 2. The molecule has 3 aromatic rings. The van der Waals surface area contributed by atoms with E-state index in [-0.39, 0.29) is 37.7 Å². The lowest BCUT2D eigenvalue weighted by Gasteiger charge is -2.07. The molecule has 0 atom stereocenters. The molecule has 2 aromatic carbocycles. The molecule has 0 unspecified atom stereocenters. The number of aryl methyl sites for hydroxylation is 3. The maximum Gasteiger partial charge on any atom is 0.306 e. The number of rotatable bonds is 10. The van der Waals surface area contributed by atoms with Crippen LogP contribution in [0.4, 0.5) is 4.39 Å². The molecule has 31 heavy (non-hydrogen) atoms. The van der Waals surface area contributed by atoms with Crippen molar-refractivity contribution in [3.05, 3.63) is 71.4 Å². The van der Waals surface area contributed by atoms with Crippen LogP contribution in [0.5, 0.6) is 0 Å². The Labute approximate surface area is 179 Å². The van der Waals surface area contributed by atoms with E-state index in [9.17, 15) is 14.0 Å². The number of aromatic nitrogens is 2. The maximum absolute atomic E-state index is 13.0. The monoisotopic (exact) mass is 425 g/mol. The van der Waals surface area contributed by atoms with E-state index in [4.69, 9.17) is 9.26 Å². The highest BCUT2D eigenvalue weighted by atomic mass is 19.1. The van der Waals surface area contributed by atoms with E-state index in [1.807, 2.05) is 31.2 Å². The van der Waals surface area contributed by atoms with Gasteiger partial charge in [0.15, 0.2) is 0 Å². The van der Waals surface area contributed by atoms with Gasteiger partial charge in [-0.1, -0.05) is 35.0 Å². The second-order valence-electron chi connectivity index (χ2n) is 7.07. The third-order valence-electron chi connectivity index (χ3n) is 4.56. The van der Waals surface area contributed by atoms with E-state index in [1.54, 1.807) is 12.1 Å². The third-order valence-corrected chi connectivity index (χ3v) is 4.56. The van der Waals surface area contributed by atoms with Gasteiger partial charge in [-0.3, -0.25) is 9.59 Å². The van der Waals surface area contributed by atoms with E-state index >= 15 is 0 Å². The number of hydrogen-bond donors (Lipinski definition) is 1. The summed E-state index contributed by atoms with van der Waals surface area (Å²) in [5.74, 6) is -0.235. The fraction of sp³-hybridized carbons (Fsp3) is 0.304. The van der Waals surface area contributed by atoms with Gasteiger partial charge in [-0.05, 0) is 43.2 Å². The first kappa shape index (κ1) is 22.1. The minimum Gasteiger partial charge on any atom is -0.464 e. The van der Waals surface area contributed by atoms with Crippen LogP contribution >= 0.6 is 0 Å². The number of esters is 1. The molecular formula is C23H24FN3O4. The summed E-state index contributed by atoms with van der Waals surface area (Å²) in [7, 11) is 0. The predicted molar refractivity (Wildman–Crippen MR) is 111 cm³/mol. The van der Waals surface area contributed by atoms with Gasteiger partial charge in [0.25, 0.3) is 0 Å². The Morgan fingerprint density at radius 3 is 2.52 bits per heavy atom. The van der Waals surface area contributed by atoms with Gasteiger partial charge in [0.05, 0.1) is 13.0 Å². The number of hydrogen-bond acceptors (Lipinski definition) is 6. The van der Waals surface area contributed by atoms with Crippen molar-refractivity contribution in [3.8, 4) is 11.4 Å². The molecule has 1 aromatic heterocycles. The summed E-state index contributed by atoms with van der Waals surface area (Å²) in [5, 5.41) is 6.56. The zero-order valence-corrected chi connectivity index (χ0v) is 17.3. The molecule has 0 radical (unpaired) electrons. The summed E-state index contributed by atoms with van der Waals surface area (Å²) in [4.78, 5) is 27.9. The Kier molecular flexibility index (Phi) is 7.86. The highest BCUT2D eigenvalue weighted by molar-refractivity contribution is 5.76. The molecule has 0 bridgehead atoms. The summed E-state index contributed by atoms with van der Waals surface area (Å²) in [6.45, 7) is 2.37. The first-order valence-corrected chi connectivity index (χ1v) is 10.1. The van der Waals surface area contributed by atoms with Crippen LogP contribution in [0.1, 0.15) is 29.9 Å². The SMILES string of the molecule is Cc1ccc(CCC(=O)NCCOC(=O)CCc2nc(-c3ccc(F)cc3)no2)cc1. The number of nitrogens with one attached hydrogen (secondary N) is 1. The van der Waals surface area contributed by atoms with Gasteiger partial charge in [-0.15, -0.1) is 0 Å². The third kappa shape index (κ3) is 7.33. The lowest BCUT2D eigenvalue weighted by molar-refractivity contribution is -0.144. The summed E-state index contributed by atoms with van der Waals surface area (Å²) >= 11 is 0. The van der Waals surface area contributed by atoms with E-state index in [0.29, 0.717) is 30.1 Å². The quantitative estimate of drug-likeness (QED) is 0.395. The van der Waals surface area contributed by atoms with Gasteiger partial charge >= 0.3 is 5.97 Å². The molecule has 7 nitrogen and oxygen atoms in total. The van der Waals surface area contributed by atoms with Gasteiger partial charge in [0, 0.05) is 18.4 Å². The van der Waals surface area contributed by atoms with Gasteiger partial charge < -0.3 is 14.6 Å². The minimum absolute atomic E-state index is 0.0758. The number of amides is 1. The van der Waals surface area contributed by atoms with Crippen LogP contribution < -0.4 is 5.32 Å². The van der Waals surface area contributed by atoms with Crippen LogP contribution in [0.3, 0.4) is 0 Å². The van der Waals surface area contributed by atoms with Crippen molar-refractivity contribution in [1.82, 2.24) is 15.5 Å². The normalized spacial score (nSPS) is 10.6. The van der Waals surface area contributed by atoms with Crippen LogP contribution in [-0.2, 0) is 27.2 Å². The Bertz CT molecular complexity index is 1000. The van der Waals surface area contributed by atoms with E-state index < -0.39 is 5.97 Å². The predicted octanol–water partition coefficient (Wildman–Crippen LogP) is 3.41. The van der Waals surface area contributed by atoms with Crippen molar-refractivity contribution < 1.29 is 23.2 Å². The topological polar surface area (TPSA) is 94.3 Å². The fourth-order valence-corrected chi connectivity index (χ4v) is 2.81. The zero-order chi connectivity index (χ0) is 22.1. The zero-order valence-electron chi connectivity index (χ0n) is 17.3. The lowest BCUT2D eigenvalue weighted by Crippen LogP contribution is -2.28. The summed E-state index contributed by atoms with van der Waals surface area (Å²) in [6.07, 6.45) is 1.35. The molecule has 162 valence electrons. The van der Waals surface area contributed by atoms with E-state index in [1.165, 1.54) is 17.7 Å². The molecule has 0 aliphatic heterocycles.